The van der Waals surface area contributed by atoms with E-state index in [9.17, 15) is 4.79 Å². The SMILES string of the molecule is CCCC[C@H](C=O)OCc1ccccc1. The third-order valence-electron chi connectivity index (χ3n) is 2.30. The van der Waals surface area contributed by atoms with E-state index >= 15 is 0 Å². The van der Waals surface area contributed by atoms with Gasteiger partial charge in [0, 0.05) is 0 Å². The minimum atomic E-state index is -0.245. The second-order valence-corrected chi connectivity index (χ2v) is 3.61. The molecule has 0 heterocycles. The lowest BCUT2D eigenvalue weighted by molar-refractivity contribution is -0.119. The lowest BCUT2D eigenvalue weighted by Crippen LogP contribution is -2.14. The summed E-state index contributed by atoms with van der Waals surface area (Å²) in [5, 5.41) is 0. The van der Waals surface area contributed by atoms with Crippen LogP contribution in [-0.4, -0.2) is 12.4 Å². The summed E-state index contributed by atoms with van der Waals surface area (Å²) in [6.07, 6.45) is 3.62. The summed E-state index contributed by atoms with van der Waals surface area (Å²) in [4.78, 5) is 10.7. The zero-order valence-electron chi connectivity index (χ0n) is 9.19. The van der Waals surface area contributed by atoms with E-state index in [1.807, 2.05) is 30.3 Å². The van der Waals surface area contributed by atoms with Gasteiger partial charge in [0.15, 0.2) is 0 Å². The van der Waals surface area contributed by atoms with Gasteiger partial charge in [-0.1, -0.05) is 50.1 Å². The Kier molecular flexibility index (Phi) is 5.71. The monoisotopic (exact) mass is 206 g/mol. The molecule has 0 bridgehead atoms. The van der Waals surface area contributed by atoms with Crippen LogP contribution in [0.5, 0.6) is 0 Å². The molecule has 0 aliphatic heterocycles. The predicted molar refractivity (Wildman–Crippen MR) is 60.6 cm³/mol. The Morgan fingerprint density at radius 1 is 1.33 bits per heavy atom. The van der Waals surface area contributed by atoms with E-state index in [0.29, 0.717) is 6.61 Å². The fourth-order valence-electron chi connectivity index (χ4n) is 1.37. The van der Waals surface area contributed by atoms with Gasteiger partial charge in [-0.15, -0.1) is 0 Å². The smallest absolute Gasteiger partial charge is 0.148 e. The van der Waals surface area contributed by atoms with Crippen LogP contribution < -0.4 is 0 Å². The molecular formula is C13H18O2. The molecule has 0 N–H and O–H groups in total. The van der Waals surface area contributed by atoms with E-state index in [1.54, 1.807) is 0 Å². The van der Waals surface area contributed by atoms with Crippen LogP contribution in [0.4, 0.5) is 0 Å². The number of carbonyl (C=O) groups is 1. The molecule has 0 unspecified atom stereocenters. The van der Waals surface area contributed by atoms with Gasteiger partial charge in [-0.05, 0) is 12.0 Å². The Balaban J connectivity index is 2.31. The van der Waals surface area contributed by atoms with E-state index in [4.69, 9.17) is 4.74 Å². The van der Waals surface area contributed by atoms with Crippen molar-refractivity contribution in [3.63, 3.8) is 0 Å². The minimum Gasteiger partial charge on any atom is -0.366 e. The highest BCUT2D eigenvalue weighted by Gasteiger charge is 2.06. The molecule has 0 fully saturated rings. The Bertz CT molecular complexity index is 269. The van der Waals surface area contributed by atoms with Crippen molar-refractivity contribution in [1.82, 2.24) is 0 Å². The third kappa shape index (κ3) is 4.75. The number of benzene rings is 1. The van der Waals surface area contributed by atoms with E-state index in [2.05, 4.69) is 6.92 Å². The summed E-state index contributed by atoms with van der Waals surface area (Å²) in [6, 6.07) is 9.92. The van der Waals surface area contributed by atoms with E-state index in [-0.39, 0.29) is 6.10 Å². The predicted octanol–water partition coefficient (Wildman–Crippen LogP) is 2.96. The first-order valence-corrected chi connectivity index (χ1v) is 5.47. The van der Waals surface area contributed by atoms with Gasteiger partial charge in [0.05, 0.1) is 6.61 Å². The van der Waals surface area contributed by atoms with Crippen molar-refractivity contribution in [2.75, 3.05) is 0 Å². The Labute approximate surface area is 91.3 Å². The normalized spacial score (nSPS) is 12.3. The minimum absolute atomic E-state index is 0.245. The van der Waals surface area contributed by atoms with Crippen molar-refractivity contribution in [2.45, 2.75) is 38.9 Å². The second kappa shape index (κ2) is 7.18. The van der Waals surface area contributed by atoms with Crippen LogP contribution in [0, 0.1) is 0 Å². The van der Waals surface area contributed by atoms with Gasteiger partial charge in [0.25, 0.3) is 0 Å². The van der Waals surface area contributed by atoms with Gasteiger partial charge in [-0.25, -0.2) is 0 Å². The lowest BCUT2D eigenvalue weighted by Gasteiger charge is -2.11. The first-order valence-electron chi connectivity index (χ1n) is 5.47. The molecule has 2 heteroatoms. The highest BCUT2D eigenvalue weighted by atomic mass is 16.5. The van der Waals surface area contributed by atoms with Gasteiger partial charge in [0.2, 0.25) is 0 Å². The zero-order valence-corrected chi connectivity index (χ0v) is 9.19. The molecule has 2 nitrogen and oxygen atoms in total. The topological polar surface area (TPSA) is 26.3 Å². The highest BCUT2D eigenvalue weighted by molar-refractivity contribution is 5.55. The lowest BCUT2D eigenvalue weighted by atomic mass is 10.2. The maximum Gasteiger partial charge on any atom is 0.148 e. The number of hydrogen-bond donors (Lipinski definition) is 0. The van der Waals surface area contributed by atoms with Crippen LogP contribution in [0.15, 0.2) is 30.3 Å². The Morgan fingerprint density at radius 3 is 2.67 bits per heavy atom. The molecule has 0 radical (unpaired) electrons. The molecule has 0 saturated carbocycles. The second-order valence-electron chi connectivity index (χ2n) is 3.61. The number of aldehydes is 1. The molecule has 0 spiro atoms. The van der Waals surface area contributed by atoms with Gasteiger partial charge in [0.1, 0.15) is 12.4 Å². The van der Waals surface area contributed by atoms with Crippen LogP contribution in [0.2, 0.25) is 0 Å². The molecule has 0 aromatic heterocycles. The average molecular weight is 206 g/mol. The number of hydrogen-bond acceptors (Lipinski definition) is 2. The molecule has 0 aliphatic rings. The van der Waals surface area contributed by atoms with Gasteiger partial charge >= 0.3 is 0 Å². The van der Waals surface area contributed by atoms with E-state index in [1.165, 1.54) is 0 Å². The molecule has 82 valence electrons. The highest BCUT2D eigenvalue weighted by Crippen LogP contribution is 2.07. The summed E-state index contributed by atoms with van der Waals surface area (Å²) in [5.41, 5.74) is 1.11. The number of carbonyl (C=O) groups excluding carboxylic acids is 1. The fourth-order valence-corrected chi connectivity index (χ4v) is 1.37. The summed E-state index contributed by atoms with van der Waals surface area (Å²) in [5.74, 6) is 0. The van der Waals surface area contributed by atoms with Crippen LogP contribution in [0.1, 0.15) is 31.7 Å². The summed E-state index contributed by atoms with van der Waals surface area (Å²) in [7, 11) is 0. The van der Waals surface area contributed by atoms with Crippen LogP contribution in [-0.2, 0) is 16.1 Å². The molecule has 0 aliphatic carbocycles. The summed E-state index contributed by atoms with van der Waals surface area (Å²) >= 11 is 0. The van der Waals surface area contributed by atoms with Crippen LogP contribution >= 0.6 is 0 Å². The average Bonchev–Trinajstić information content (AvgIpc) is 2.31. The van der Waals surface area contributed by atoms with Crippen molar-refractivity contribution in [2.24, 2.45) is 0 Å². The summed E-state index contributed by atoms with van der Waals surface area (Å²) in [6.45, 7) is 2.63. The maximum absolute atomic E-state index is 10.7. The summed E-state index contributed by atoms with van der Waals surface area (Å²) < 4.78 is 5.51. The van der Waals surface area contributed by atoms with Crippen molar-refractivity contribution in [1.29, 1.82) is 0 Å². The first kappa shape index (κ1) is 11.9. The standard InChI is InChI=1S/C13H18O2/c1-2-3-9-13(10-14)15-11-12-7-5-4-6-8-12/h4-8,10,13H,2-3,9,11H2,1H3/t13-/m1/s1. The van der Waals surface area contributed by atoms with Gasteiger partial charge in [-0.3, -0.25) is 0 Å². The molecule has 1 aromatic carbocycles. The Morgan fingerprint density at radius 2 is 2.07 bits per heavy atom. The van der Waals surface area contributed by atoms with Crippen LogP contribution in [0.25, 0.3) is 0 Å². The zero-order chi connectivity index (χ0) is 10.9. The van der Waals surface area contributed by atoms with Crippen LogP contribution in [0.3, 0.4) is 0 Å². The van der Waals surface area contributed by atoms with Crippen molar-refractivity contribution < 1.29 is 9.53 Å². The molecule has 1 rings (SSSR count). The number of rotatable bonds is 7. The largest absolute Gasteiger partial charge is 0.366 e. The fraction of sp³-hybridized carbons (Fsp3) is 0.462. The molecule has 15 heavy (non-hydrogen) atoms. The van der Waals surface area contributed by atoms with Crippen molar-refractivity contribution in [3.05, 3.63) is 35.9 Å². The third-order valence-corrected chi connectivity index (χ3v) is 2.30. The van der Waals surface area contributed by atoms with Gasteiger partial charge < -0.3 is 9.53 Å². The molecule has 1 aromatic rings. The number of unbranched alkanes of at least 4 members (excludes halogenated alkanes) is 1. The maximum atomic E-state index is 10.7. The molecule has 0 saturated heterocycles. The molecule has 1 atom stereocenters. The molecule has 0 amide bonds. The van der Waals surface area contributed by atoms with E-state index < -0.39 is 0 Å². The quantitative estimate of drug-likeness (QED) is 0.641. The number of ether oxygens (including phenoxy) is 1. The first-order chi connectivity index (χ1) is 7.36. The van der Waals surface area contributed by atoms with Crippen molar-refractivity contribution >= 4 is 6.29 Å². The van der Waals surface area contributed by atoms with E-state index in [0.717, 1.165) is 31.1 Å². The molecular weight excluding hydrogens is 188 g/mol. The van der Waals surface area contributed by atoms with Crippen molar-refractivity contribution in [3.8, 4) is 0 Å². The van der Waals surface area contributed by atoms with Gasteiger partial charge in [-0.2, -0.15) is 0 Å². The Hall–Kier alpha value is -1.15.